The Morgan fingerprint density at radius 3 is 2.54 bits per heavy atom. The largest absolute Gasteiger partial charge is 0.337 e. The molecule has 3 heterocycles. The number of nitrogens with zero attached hydrogens (tertiary/aromatic N) is 5. The van der Waals surface area contributed by atoms with Crippen molar-refractivity contribution >= 4 is 5.91 Å². The second-order valence-electron chi connectivity index (χ2n) is 8.50. The number of carbonyl (C=O) groups excluding carboxylic acids is 1. The fourth-order valence-electron chi connectivity index (χ4n) is 4.96. The van der Waals surface area contributed by atoms with Gasteiger partial charge in [-0.3, -0.25) is 4.79 Å². The van der Waals surface area contributed by atoms with Crippen LogP contribution >= 0.6 is 0 Å². The zero-order chi connectivity index (χ0) is 17.8. The molecule has 6 nitrogen and oxygen atoms in total. The number of hydrogen-bond donors (Lipinski definition) is 0. The fourth-order valence-corrected chi connectivity index (χ4v) is 4.96. The van der Waals surface area contributed by atoms with E-state index in [2.05, 4.69) is 15.2 Å². The monoisotopic (exact) mass is 359 g/mol. The molecule has 4 rings (SSSR count). The number of amides is 1. The van der Waals surface area contributed by atoms with Crippen molar-refractivity contribution in [2.75, 3.05) is 32.7 Å². The van der Waals surface area contributed by atoms with Crippen molar-refractivity contribution in [1.82, 2.24) is 24.8 Å². The first-order valence-electron chi connectivity index (χ1n) is 10.7. The summed E-state index contributed by atoms with van der Waals surface area (Å²) < 4.78 is 1.96. The molecule has 1 atom stereocenters. The van der Waals surface area contributed by atoms with Gasteiger partial charge in [0, 0.05) is 26.2 Å². The maximum atomic E-state index is 12.6. The SMILES string of the molecule is O=C(c1cn(C2CCCN(CC3CCCCC3)C2)nn1)N1CCCCC1. The summed E-state index contributed by atoms with van der Waals surface area (Å²) in [5.41, 5.74) is 0.524. The molecule has 0 spiro atoms. The molecule has 0 radical (unpaired) electrons. The normalized spacial score (nSPS) is 26.2. The Kier molecular flexibility index (Phi) is 5.88. The predicted octanol–water partition coefficient (Wildman–Crippen LogP) is 3.12. The van der Waals surface area contributed by atoms with Crippen LogP contribution in [-0.4, -0.2) is 63.4 Å². The Bertz CT molecular complexity index is 589. The van der Waals surface area contributed by atoms with Gasteiger partial charge in [-0.25, -0.2) is 4.68 Å². The number of hydrogen-bond acceptors (Lipinski definition) is 4. The highest BCUT2D eigenvalue weighted by atomic mass is 16.2. The summed E-state index contributed by atoms with van der Waals surface area (Å²) in [6, 6.07) is 0.364. The van der Waals surface area contributed by atoms with Crippen LogP contribution in [0.25, 0.3) is 0 Å². The number of rotatable bonds is 4. The first-order valence-corrected chi connectivity index (χ1v) is 10.7. The minimum absolute atomic E-state index is 0.0609. The average Bonchev–Trinajstić information content (AvgIpc) is 3.19. The lowest BCUT2D eigenvalue weighted by Gasteiger charge is -2.35. The molecule has 0 bridgehead atoms. The van der Waals surface area contributed by atoms with Gasteiger partial charge in [0.25, 0.3) is 5.91 Å². The predicted molar refractivity (Wildman–Crippen MR) is 101 cm³/mol. The van der Waals surface area contributed by atoms with E-state index in [1.807, 2.05) is 15.8 Å². The molecule has 2 aliphatic heterocycles. The summed E-state index contributed by atoms with van der Waals surface area (Å²) in [6.07, 6.45) is 14.7. The summed E-state index contributed by atoms with van der Waals surface area (Å²) >= 11 is 0. The number of carbonyl (C=O) groups is 1. The lowest BCUT2D eigenvalue weighted by Crippen LogP contribution is -2.40. The molecule has 3 fully saturated rings. The van der Waals surface area contributed by atoms with Crippen LogP contribution in [-0.2, 0) is 0 Å². The van der Waals surface area contributed by atoms with Gasteiger partial charge in [0.05, 0.1) is 12.2 Å². The molecule has 1 amide bonds. The smallest absolute Gasteiger partial charge is 0.276 e. The second-order valence-corrected chi connectivity index (χ2v) is 8.50. The third kappa shape index (κ3) is 4.27. The van der Waals surface area contributed by atoms with Crippen molar-refractivity contribution in [2.45, 2.75) is 70.3 Å². The van der Waals surface area contributed by atoms with Crippen LogP contribution in [0.4, 0.5) is 0 Å². The van der Waals surface area contributed by atoms with Crippen LogP contribution < -0.4 is 0 Å². The first-order chi connectivity index (χ1) is 12.8. The molecule has 2 saturated heterocycles. The third-order valence-corrected chi connectivity index (χ3v) is 6.47. The Balaban J connectivity index is 1.34. The summed E-state index contributed by atoms with van der Waals surface area (Å²) in [7, 11) is 0. The summed E-state index contributed by atoms with van der Waals surface area (Å²) in [5, 5.41) is 8.54. The highest BCUT2D eigenvalue weighted by Crippen LogP contribution is 2.27. The molecule has 6 heteroatoms. The van der Waals surface area contributed by atoms with Gasteiger partial charge in [0.1, 0.15) is 0 Å². The van der Waals surface area contributed by atoms with Crippen molar-refractivity contribution in [2.24, 2.45) is 5.92 Å². The topological polar surface area (TPSA) is 54.3 Å². The van der Waals surface area contributed by atoms with E-state index < -0.39 is 0 Å². The number of piperidine rings is 2. The van der Waals surface area contributed by atoms with Gasteiger partial charge in [-0.1, -0.05) is 24.5 Å². The van der Waals surface area contributed by atoms with Gasteiger partial charge in [0.2, 0.25) is 0 Å². The lowest BCUT2D eigenvalue weighted by molar-refractivity contribution is 0.0718. The number of aromatic nitrogens is 3. The molecule has 0 aromatic carbocycles. The van der Waals surface area contributed by atoms with E-state index in [4.69, 9.17) is 0 Å². The minimum atomic E-state index is 0.0609. The molecule has 26 heavy (non-hydrogen) atoms. The van der Waals surface area contributed by atoms with Gasteiger partial charge in [0.15, 0.2) is 5.69 Å². The Labute approximate surface area is 156 Å². The van der Waals surface area contributed by atoms with E-state index in [0.29, 0.717) is 11.7 Å². The van der Waals surface area contributed by atoms with Gasteiger partial charge in [-0.2, -0.15) is 0 Å². The second kappa shape index (κ2) is 8.51. The van der Waals surface area contributed by atoms with Crippen molar-refractivity contribution in [3.05, 3.63) is 11.9 Å². The van der Waals surface area contributed by atoms with Crippen LogP contribution in [0.5, 0.6) is 0 Å². The molecule has 1 aliphatic carbocycles. The standard InChI is InChI=1S/C20H33N5O/c26-20(24-12-5-2-6-13-24)19-16-25(22-21-19)18-10-7-11-23(15-18)14-17-8-3-1-4-9-17/h16-18H,1-15H2. The minimum Gasteiger partial charge on any atom is -0.337 e. The van der Waals surface area contributed by atoms with E-state index in [0.717, 1.165) is 44.8 Å². The average molecular weight is 360 g/mol. The van der Waals surface area contributed by atoms with Crippen molar-refractivity contribution in [3.63, 3.8) is 0 Å². The highest BCUT2D eigenvalue weighted by Gasteiger charge is 2.27. The zero-order valence-corrected chi connectivity index (χ0v) is 16.0. The van der Waals surface area contributed by atoms with Gasteiger partial charge in [-0.05, 0) is 57.4 Å². The molecule has 1 saturated carbocycles. The molecular formula is C20H33N5O. The Morgan fingerprint density at radius 2 is 1.73 bits per heavy atom. The molecular weight excluding hydrogens is 326 g/mol. The van der Waals surface area contributed by atoms with Crippen LogP contribution in [0.1, 0.15) is 80.7 Å². The van der Waals surface area contributed by atoms with Crippen LogP contribution in [0.2, 0.25) is 0 Å². The third-order valence-electron chi connectivity index (χ3n) is 6.47. The van der Waals surface area contributed by atoms with Gasteiger partial charge < -0.3 is 9.80 Å². The Hall–Kier alpha value is -1.43. The van der Waals surface area contributed by atoms with Crippen molar-refractivity contribution in [1.29, 1.82) is 0 Å². The lowest BCUT2D eigenvalue weighted by atomic mass is 9.88. The maximum absolute atomic E-state index is 12.6. The van der Waals surface area contributed by atoms with Gasteiger partial charge in [-0.15, -0.1) is 5.10 Å². The van der Waals surface area contributed by atoms with E-state index >= 15 is 0 Å². The van der Waals surface area contributed by atoms with E-state index in [1.165, 1.54) is 58.0 Å². The van der Waals surface area contributed by atoms with E-state index in [9.17, 15) is 4.79 Å². The fraction of sp³-hybridized carbons (Fsp3) is 0.850. The highest BCUT2D eigenvalue weighted by molar-refractivity contribution is 5.91. The molecule has 3 aliphatic rings. The summed E-state index contributed by atoms with van der Waals surface area (Å²) in [6.45, 7) is 5.23. The summed E-state index contributed by atoms with van der Waals surface area (Å²) in [4.78, 5) is 17.2. The van der Waals surface area contributed by atoms with Crippen molar-refractivity contribution in [3.8, 4) is 0 Å². The zero-order valence-electron chi connectivity index (χ0n) is 16.0. The van der Waals surface area contributed by atoms with Crippen LogP contribution in [0, 0.1) is 5.92 Å². The number of likely N-dealkylation sites (tertiary alicyclic amines) is 2. The molecule has 1 unspecified atom stereocenters. The van der Waals surface area contributed by atoms with Crippen LogP contribution in [0.15, 0.2) is 6.20 Å². The Morgan fingerprint density at radius 1 is 0.962 bits per heavy atom. The maximum Gasteiger partial charge on any atom is 0.276 e. The van der Waals surface area contributed by atoms with Gasteiger partial charge >= 0.3 is 0 Å². The quantitative estimate of drug-likeness (QED) is 0.829. The molecule has 1 aromatic heterocycles. The molecule has 144 valence electrons. The van der Waals surface area contributed by atoms with E-state index in [1.54, 1.807) is 0 Å². The molecule has 0 N–H and O–H groups in total. The van der Waals surface area contributed by atoms with Crippen molar-refractivity contribution < 1.29 is 4.79 Å². The summed E-state index contributed by atoms with van der Waals surface area (Å²) in [5.74, 6) is 0.945. The molecule has 1 aromatic rings. The van der Waals surface area contributed by atoms with E-state index in [-0.39, 0.29) is 5.91 Å². The first kappa shape index (κ1) is 18.0. The van der Waals surface area contributed by atoms with Crippen LogP contribution in [0.3, 0.4) is 0 Å².